The quantitative estimate of drug-likeness (QED) is 0.575. The highest BCUT2D eigenvalue weighted by Crippen LogP contribution is 2.22. The Morgan fingerprint density at radius 1 is 1.14 bits per heavy atom. The van der Waals surface area contributed by atoms with E-state index < -0.39 is 17.9 Å². The standard InChI is InChI=1S/C20H19ClN4O3/c1-13-16(21)4-2-5-17(13)24-20(28)19(27)22-12-18(26)14-6-8-15(9-7-14)25-11-3-10-23-25/h2-11,18,26H,12H2,1H3,(H,22,27)(H,24,28). The van der Waals surface area contributed by atoms with Gasteiger partial charge in [0.05, 0.1) is 11.8 Å². The number of aromatic nitrogens is 2. The van der Waals surface area contributed by atoms with Gasteiger partial charge in [0.1, 0.15) is 0 Å². The van der Waals surface area contributed by atoms with Crippen molar-refractivity contribution in [2.45, 2.75) is 13.0 Å². The molecule has 1 unspecified atom stereocenters. The van der Waals surface area contributed by atoms with Gasteiger partial charge in [-0.25, -0.2) is 4.68 Å². The summed E-state index contributed by atoms with van der Waals surface area (Å²) in [5.41, 5.74) is 2.59. The number of nitrogens with zero attached hydrogens (tertiary/aromatic N) is 2. The van der Waals surface area contributed by atoms with Gasteiger partial charge in [0.15, 0.2) is 0 Å². The van der Waals surface area contributed by atoms with E-state index in [1.807, 2.05) is 24.4 Å². The molecule has 144 valence electrons. The fraction of sp³-hybridized carbons (Fsp3) is 0.150. The minimum Gasteiger partial charge on any atom is -0.387 e. The van der Waals surface area contributed by atoms with E-state index in [9.17, 15) is 14.7 Å². The third-order valence-corrected chi connectivity index (χ3v) is 4.63. The number of aliphatic hydroxyl groups is 1. The Kier molecular flexibility index (Phi) is 6.08. The van der Waals surface area contributed by atoms with Crippen LogP contribution in [-0.2, 0) is 9.59 Å². The largest absolute Gasteiger partial charge is 0.387 e. The van der Waals surface area contributed by atoms with E-state index in [2.05, 4.69) is 15.7 Å². The van der Waals surface area contributed by atoms with Crippen LogP contribution in [0.2, 0.25) is 5.02 Å². The molecule has 3 N–H and O–H groups in total. The molecule has 2 aromatic carbocycles. The lowest BCUT2D eigenvalue weighted by molar-refractivity contribution is -0.136. The zero-order valence-electron chi connectivity index (χ0n) is 15.1. The van der Waals surface area contributed by atoms with Gasteiger partial charge in [0.2, 0.25) is 0 Å². The smallest absolute Gasteiger partial charge is 0.313 e. The molecule has 0 saturated carbocycles. The Morgan fingerprint density at radius 3 is 2.57 bits per heavy atom. The summed E-state index contributed by atoms with van der Waals surface area (Å²) < 4.78 is 1.69. The van der Waals surface area contributed by atoms with Crippen molar-refractivity contribution in [3.63, 3.8) is 0 Å². The van der Waals surface area contributed by atoms with Crippen molar-refractivity contribution in [1.29, 1.82) is 0 Å². The molecule has 3 rings (SSSR count). The minimum atomic E-state index is -0.948. The van der Waals surface area contributed by atoms with E-state index in [0.717, 1.165) is 5.69 Å². The number of hydrogen-bond acceptors (Lipinski definition) is 4. The van der Waals surface area contributed by atoms with Crippen LogP contribution in [-0.4, -0.2) is 33.2 Å². The van der Waals surface area contributed by atoms with Gasteiger partial charge in [-0.15, -0.1) is 0 Å². The monoisotopic (exact) mass is 398 g/mol. The molecule has 0 fully saturated rings. The first-order chi connectivity index (χ1) is 13.5. The molecule has 2 amide bonds. The first kappa shape index (κ1) is 19.6. The lowest BCUT2D eigenvalue weighted by atomic mass is 10.1. The van der Waals surface area contributed by atoms with E-state index in [1.165, 1.54) is 0 Å². The molecule has 1 aromatic heterocycles. The van der Waals surface area contributed by atoms with Gasteiger partial charge in [-0.3, -0.25) is 9.59 Å². The van der Waals surface area contributed by atoms with Crippen molar-refractivity contribution in [3.8, 4) is 5.69 Å². The molecule has 1 heterocycles. The van der Waals surface area contributed by atoms with E-state index in [0.29, 0.717) is 21.8 Å². The molecule has 8 heteroatoms. The van der Waals surface area contributed by atoms with Gasteiger partial charge in [0, 0.05) is 29.6 Å². The summed E-state index contributed by atoms with van der Waals surface area (Å²) >= 11 is 6.00. The van der Waals surface area contributed by atoms with E-state index in [1.54, 1.807) is 48.1 Å². The third kappa shape index (κ3) is 4.57. The van der Waals surface area contributed by atoms with Crippen molar-refractivity contribution in [3.05, 3.63) is 77.1 Å². The number of carbonyl (C=O) groups excluding carboxylic acids is 2. The predicted molar refractivity (Wildman–Crippen MR) is 106 cm³/mol. The van der Waals surface area contributed by atoms with Crippen LogP contribution in [0.4, 0.5) is 5.69 Å². The van der Waals surface area contributed by atoms with Crippen LogP contribution in [0.5, 0.6) is 0 Å². The second-order valence-corrected chi connectivity index (χ2v) is 6.54. The van der Waals surface area contributed by atoms with Crippen LogP contribution in [0.1, 0.15) is 17.2 Å². The summed E-state index contributed by atoms with van der Waals surface area (Å²) in [6.45, 7) is 1.65. The molecular formula is C20H19ClN4O3. The van der Waals surface area contributed by atoms with Crippen molar-refractivity contribution >= 4 is 29.1 Å². The number of nitrogens with one attached hydrogen (secondary N) is 2. The lowest BCUT2D eigenvalue weighted by Crippen LogP contribution is -2.37. The molecule has 0 aliphatic carbocycles. The number of hydrogen-bond donors (Lipinski definition) is 3. The molecule has 0 saturated heterocycles. The highest BCUT2D eigenvalue weighted by molar-refractivity contribution is 6.40. The average molecular weight is 399 g/mol. The molecule has 3 aromatic rings. The van der Waals surface area contributed by atoms with Crippen LogP contribution in [0.25, 0.3) is 5.69 Å². The summed E-state index contributed by atoms with van der Waals surface area (Å²) in [4.78, 5) is 24.1. The molecule has 0 bridgehead atoms. The summed E-state index contributed by atoms with van der Waals surface area (Å²) in [7, 11) is 0. The maximum absolute atomic E-state index is 12.0. The number of rotatable bonds is 5. The van der Waals surface area contributed by atoms with Gasteiger partial charge in [-0.2, -0.15) is 5.10 Å². The Hall–Kier alpha value is -3.16. The highest BCUT2D eigenvalue weighted by atomic mass is 35.5. The van der Waals surface area contributed by atoms with Crippen LogP contribution < -0.4 is 10.6 Å². The van der Waals surface area contributed by atoms with Crippen molar-refractivity contribution in [1.82, 2.24) is 15.1 Å². The molecule has 0 radical (unpaired) electrons. The number of carbonyl (C=O) groups is 2. The summed E-state index contributed by atoms with van der Waals surface area (Å²) in [6, 6.07) is 13.9. The Morgan fingerprint density at radius 2 is 1.89 bits per heavy atom. The third-order valence-electron chi connectivity index (χ3n) is 4.22. The molecule has 0 aliphatic rings. The van der Waals surface area contributed by atoms with Crippen LogP contribution in [0.3, 0.4) is 0 Å². The summed E-state index contributed by atoms with van der Waals surface area (Å²) in [6.07, 6.45) is 2.54. The molecule has 0 spiro atoms. The van der Waals surface area contributed by atoms with Gasteiger partial charge in [0.25, 0.3) is 0 Å². The summed E-state index contributed by atoms with van der Waals surface area (Å²) in [5, 5.41) is 19.8. The van der Waals surface area contributed by atoms with Crippen molar-refractivity contribution in [2.75, 3.05) is 11.9 Å². The number of anilines is 1. The van der Waals surface area contributed by atoms with Gasteiger partial charge in [-0.1, -0.05) is 29.8 Å². The molecular weight excluding hydrogens is 380 g/mol. The van der Waals surface area contributed by atoms with E-state index >= 15 is 0 Å². The number of amides is 2. The second kappa shape index (κ2) is 8.69. The maximum atomic E-state index is 12.0. The van der Waals surface area contributed by atoms with Gasteiger partial charge >= 0.3 is 11.8 Å². The number of halogens is 1. The Balaban J connectivity index is 1.55. The average Bonchev–Trinajstić information content (AvgIpc) is 3.24. The van der Waals surface area contributed by atoms with E-state index in [-0.39, 0.29) is 6.54 Å². The highest BCUT2D eigenvalue weighted by Gasteiger charge is 2.17. The first-order valence-corrected chi connectivity index (χ1v) is 8.96. The van der Waals surface area contributed by atoms with Crippen LogP contribution in [0, 0.1) is 6.92 Å². The molecule has 1 atom stereocenters. The number of benzene rings is 2. The molecule has 0 aliphatic heterocycles. The van der Waals surface area contributed by atoms with E-state index in [4.69, 9.17) is 11.6 Å². The minimum absolute atomic E-state index is 0.0953. The molecule has 7 nitrogen and oxygen atoms in total. The maximum Gasteiger partial charge on any atom is 0.313 e. The van der Waals surface area contributed by atoms with Crippen molar-refractivity contribution in [2.24, 2.45) is 0 Å². The Bertz CT molecular complexity index is 972. The SMILES string of the molecule is Cc1c(Cl)cccc1NC(=O)C(=O)NCC(O)c1ccc(-n2cccn2)cc1. The first-order valence-electron chi connectivity index (χ1n) is 8.58. The van der Waals surface area contributed by atoms with Crippen molar-refractivity contribution < 1.29 is 14.7 Å². The normalized spacial score (nSPS) is 11.7. The molecule has 28 heavy (non-hydrogen) atoms. The van der Waals surface area contributed by atoms with Crippen LogP contribution >= 0.6 is 11.6 Å². The number of aliphatic hydroxyl groups excluding tert-OH is 1. The summed E-state index contributed by atoms with van der Waals surface area (Å²) in [5.74, 6) is -1.67. The zero-order chi connectivity index (χ0) is 20.1. The Labute approximate surface area is 166 Å². The topological polar surface area (TPSA) is 96.3 Å². The fourth-order valence-corrected chi connectivity index (χ4v) is 2.75. The fourth-order valence-electron chi connectivity index (χ4n) is 2.58. The predicted octanol–water partition coefficient (Wildman–Crippen LogP) is 2.62. The van der Waals surface area contributed by atoms with Gasteiger partial charge in [-0.05, 0) is 48.4 Å². The zero-order valence-corrected chi connectivity index (χ0v) is 15.8. The second-order valence-electron chi connectivity index (χ2n) is 6.13. The van der Waals surface area contributed by atoms with Gasteiger partial charge < -0.3 is 15.7 Å². The van der Waals surface area contributed by atoms with Crippen LogP contribution in [0.15, 0.2) is 60.9 Å². The lowest BCUT2D eigenvalue weighted by Gasteiger charge is -2.13.